The molecule has 0 bridgehead atoms. The Morgan fingerprint density at radius 2 is 2.06 bits per heavy atom. The molecule has 1 unspecified atom stereocenters. The quantitative estimate of drug-likeness (QED) is 0.767. The largest absolute Gasteiger partial charge is 0.354 e. The van der Waals surface area contributed by atoms with Crippen LogP contribution in [0.1, 0.15) is 39.5 Å². The standard InChI is InChI=1S/C14H27N3O/c1-11(17(3)12-4-5-12)10-16-13(18)14(2)6-8-15-9-7-14/h11-12,15H,4-10H2,1-3H3,(H,16,18). The molecule has 1 saturated carbocycles. The molecule has 1 aliphatic carbocycles. The molecule has 4 nitrogen and oxygen atoms in total. The van der Waals surface area contributed by atoms with E-state index in [1.165, 1.54) is 12.8 Å². The normalized spacial score (nSPS) is 24.9. The molecule has 4 heteroatoms. The Morgan fingerprint density at radius 1 is 1.44 bits per heavy atom. The van der Waals surface area contributed by atoms with Gasteiger partial charge < -0.3 is 10.6 Å². The zero-order chi connectivity index (χ0) is 13.2. The fourth-order valence-corrected chi connectivity index (χ4v) is 2.65. The van der Waals surface area contributed by atoms with Crippen molar-refractivity contribution in [1.29, 1.82) is 0 Å². The average Bonchev–Trinajstić information content (AvgIpc) is 3.19. The van der Waals surface area contributed by atoms with Gasteiger partial charge in [0.2, 0.25) is 5.91 Å². The lowest BCUT2D eigenvalue weighted by molar-refractivity contribution is -0.131. The minimum absolute atomic E-state index is 0.164. The van der Waals surface area contributed by atoms with E-state index in [2.05, 4.69) is 36.4 Å². The van der Waals surface area contributed by atoms with E-state index in [4.69, 9.17) is 0 Å². The van der Waals surface area contributed by atoms with Crippen molar-refractivity contribution in [2.45, 2.75) is 51.6 Å². The average molecular weight is 253 g/mol. The van der Waals surface area contributed by atoms with Gasteiger partial charge >= 0.3 is 0 Å². The van der Waals surface area contributed by atoms with E-state index in [1.807, 2.05) is 0 Å². The van der Waals surface area contributed by atoms with E-state index in [0.717, 1.165) is 38.5 Å². The minimum atomic E-state index is -0.164. The van der Waals surface area contributed by atoms with E-state index in [9.17, 15) is 4.79 Å². The van der Waals surface area contributed by atoms with Gasteiger partial charge in [-0.2, -0.15) is 0 Å². The lowest BCUT2D eigenvalue weighted by Gasteiger charge is -2.33. The van der Waals surface area contributed by atoms with Gasteiger partial charge in [0.25, 0.3) is 0 Å². The molecule has 0 spiro atoms. The van der Waals surface area contributed by atoms with Gasteiger partial charge in [0.15, 0.2) is 0 Å². The third-order valence-electron chi connectivity index (χ3n) is 4.63. The summed E-state index contributed by atoms with van der Waals surface area (Å²) in [6.45, 7) is 6.99. The number of nitrogens with zero attached hydrogens (tertiary/aromatic N) is 1. The molecule has 1 saturated heterocycles. The fourth-order valence-electron chi connectivity index (χ4n) is 2.65. The van der Waals surface area contributed by atoms with Crippen molar-refractivity contribution in [3.8, 4) is 0 Å². The van der Waals surface area contributed by atoms with E-state index in [1.54, 1.807) is 0 Å². The summed E-state index contributed by atoms with van der Waals surface area (Å²) < 4.78 is 0. The van der Waals surface area contributed by atoms with E-state index >= 15 is 0 Å². The van der Waals surface area contributed by atoms with Crippen LogP contribution in [0, 0.1) is 5.41 Å². The Hall–Kier alpha value is -0.610. The number of nitrogens with one attached hydrogen (secondary N) is 2. The highest BCUT2D eigenvalue weighted by atomic mass is 16.2. The maximum Gasteiger partial charge on any atom is 0.226 e. The van der Waals surface area contributed by atoms with E-state index in [-0.39, 0.29) is 11.3 Å². The number of carbonyl (C=O) groups is 1. The Kier molecular flexibility index (Phi) is 4.28. The van der Waals surface area contributed by atoms with Crippen LogP contribution in [0.3, 0.4) is 0 Å². The topological polar surface area (TPSA) is 44.4 Å². The Bertz CT molecular complexity index is 295. The van der Waals surface area contributed by atoms with Gasteiger partial charge in [-0.1, -0.05) is 6.92 Å². The first-order chi connectivity index (χ1) is 8.53. The number of carbonyl (C=O) groups excluding carboxylic acids is 1. The molecule has 104 valence electrons. The second-order valence-corrected chi connectivity index (χ2v) is 6.27. The van der Waals surface area contributed by atoms with Crippen molar-refractivity contribution in [1.82, 2.24) is 15.5 Å². The third-order valence-corrected chi connectivity index (χ3v) is 4.63. The van der Waals surface area contributed by atoms with Crippen LogP contribution >= 0.6 is 0 Å². The van der Waals surface area contributed by atoms with Gasteiger partial charge in [0.05, 0.1) is 0 Å². The van der Waals surface area contributed by atoms with Gasteiger partial charge in [0, 0.05) is 24.0 Å². The summed E-state index contributed by atoms with van der Waals surface area (Å²) in [4.78, 5) is 14.7. The zero-order valence-corrected chi connectivity index (χ0v) is 12.0. The smallest absolute Gasteiger partial charge is 0.226 e. The molecule has 18 heavy (non-hydrogen) atoms. The number of piperidine rings is 1. The van der Waals surface area contributed by atoms with Crippen LogP contribution < -0.4 is 10.6 Å². The Balaban J connectivity index is 1.76. The highest BCUT2D eigenvalue weighted by molar-refractivity contribution is 5.82. The van der Waals surface area contributed by atoms with Gasteiger partial charge in [-0.3, -0.25) is 9.69 Å². The molecule has 2 fully saturated rings. The number of rotatable bonds is 5. The molecule has 1 amide bonds. The molecule has 1 aliphatic heterocycles. The Morgan fingerprint density at radius 3 is 2.61 bits per heavy atom. The van der Waals surface area contributed by atoms with Crippen LogP contribution in [0.5, 0.6) is 0 Å². The van der Waals surface area contributed by atoms with Crippen LogP contribution in [-0.2, 0) is 4.79 Å². The minimum Gasteiger partial charge on any atom is -0.354 e. The molecular weight excluding hydrogens is 226 g/mol. The van der Waals surface area contributed by atoms with E-state index < -0.39 is 0 Å². The highest BCUT2D eigenvalue weighted by Crippen LogP contribution is 2.29. The molecule has 0 aromatic heterocycles. The first-order valence-electron chi connectivity index (χ1n) is 7.24. The molecule has 2 N–H and O–H groups in total. The number of hydrogen-bond acceptors (Lipinski definition) is 3. The summed E-state index contributed by atoms with van der Waals surface area (Å²) in [6, 6.07) is 1.19. The Labute approximate surface area is 110 Å². The monoisotopic (exact) mass is 253 g/mol. The van der Waals surface area contributed by atoms with Crippen molar-refractivity contribution in [2.24, 2.45) is 5.41 Å². The summed E-state index contributed by atoms with van der Waals surface area (Å²) in [7, 11) is 2.17. The van der Waals surface area contributed by atoms with Crippen molar-refractivity contribution < 1.29 is 4.79 Å². The first-order valence-corrected chi connectivity index (χ1v) is 7.24. The van der Waals surface area contributed by atoms with Crippen LogP contribution in [0.2, 0.25) is 0 Å². The van der Waals surface area contributed by atoms with Gasteiger partial charge in [-0.25, -0.2) is 0 Å². The lowest BCUT2D eigenvalue weighted by atomic mass is 9.80. The predicted octanol–water partition coefficient (Wildman–Crippen LogP) is 0.975. The van der Waals surface area contributed by atoms with Crippen molar-refractivity contribution in [2.75, 3.05) is 26.7 Å². The van der Waals surface area contributed by atoms with Crippen molar-refractivity contribution in [3.63, 3.8) is 0 Å². The molecule has 0 aromatic carbocycles. The molecule has 2 rings (SSSR count). The summed E-state index contributed by atoms with van der Waals surface area (Å²) in [5, 5.41) is 6.46. The van der Waals surface area contributed by atoms with Gasteiger partial charge in [-0.15, -0.1) is 0 Å². The molecule has 2 aliphatic rings. The number of amides is 1. The maximum absolute atomic E-state index is 12.3. The van der Waals surface area contributed by atoms with Crippen molar-refractivity contribution >= 4 is 5.91 Å². The van der Waals surface area contributed by atoms with E-state index in [0.29, 0.717) is 6.04 Å². The molecular formula is C14H27N3O. The second kappa shape index (κ2) is 5.57. The third kappa shape index (κ3) is 3.23. The molecule has 1 heterocycles. The first kappa shape index (κ1) is 13.8. The molecule has 0 radical (unpaired) electrons. The van der Waals surface area contributed by atoms with Crippen LogP contribution in [-0.4, -0.2) is 49.6 Å². The fraction of sp³-hybridized carbons (Fsp3) is 0.929. The molecule has 1 atom stereocenters. The second-order valence-electron chi connectivity index (χ2n) is 6.27. The number of likely N-dealkylation sites (N-methyl/N-ethyl adjacent to an activating group) is 1. The number of hydrogen-bond donors (Lipinski definition) is 2. The summed E-state index contributed by atoms with van der Waals surface area (Å²) in [5.74, 6) is 0.236. The van der Waals surface area contributed by atoms with Crippen molar-refractivity contribution in [3.05, 3.63) is 0 Å². The van der Waals surface area contributed by atoms with Gasteiger partial charge in [-0.05, 0) is 52.7 Å². The zero-order valence-electron chi connectivity index (χ0n) is 12.0. The van der Waals surface area contributed by atoms with Crippen LogP contribution in [0.25, 0.3) is 0 Å². The predicted molar refractivity (Wildman–Crippen MR) is 73.5 cm³/mol. The van der Waals surface area contributed by atoms with Crippen LogP contribution in [0.4, 0.5) is 0 Å². The summed E-state index contributed by atoms with van der Waals surface area (Å²) in [5.41, 5.74) is -0.164. The molecule has 0 aromatic rings. The lowest BCUT2D eigenvalue weighted by Crippen LogP contribution is -2.49. The highest BCUT2D eigenvalue weighted by Gasteiger charge is 2.35. The maximum atomic E-state index is 12.3. The van der Waals surface area contributed by atoms with Gasteiger partial charge in [0.1, 0.15) is 0 Å². The summed E-state index contributed by atoms with van der Waals surface area (Å²) in [6.07, 6.45) is 4.54. The SMILES string of the molecule is CC(CNC(=O)C1(C)CCNCC1)N(C)C1CC1. The summed E-state index contributed by atoms with van der Waals surface area (Å²) >= 11 is 0. The van der Waals surface area contributed by atoms with Crippen LogP contribution in [0.15, 0.2) is 0 Å².